The molecule has 0 N–H and O–H groups in total. The molecular weight excluding hydrogens is 569 g/mol. The predicted molar refractivity (Wildman–Crippen MR) is 159 cm³/mol. The molecule has 0 saturated carbocycles. The molecular formula is C26H40O8S4. The molecule has 1 rings (SSSR count). The van der Waals surface area contributed by atoms with Crippen LogP contribution in [-0.4, -0.2) is 96.8 Å². The zero-order chi connectivity index (χ0) is 28.2. The summed E-state index contributed by atoms with van der Waals surface area (Å²) in [5, 5.41) is 0. The summed E-state index contributed by atoms with van der Waals surface area (Å²) < 4.78 is 21.9. The molecule has 216 valence electrons. The summed E-state index contributed by atoms with van der Waals surface area (Å²) in [4.78, 5) is 49.3. The lowest BCUT2D eigenvalue weighted by atomic mass is 9.92. The zero-order valence-corrected chi connectivity index (χ0v) is 25.7. The highest BCUT2D eigenvalue weighted by molar-refractivity contribution is 8.00. The molecule has 0 spiro atoms. The molecule has 0 aromatic carbocycles. The van der Waals surface area contributed by atoms with Crippen LogP contribution in [0.3, 0.4) is 0 Å². The molecule has 0 unspecified atom stereocenters. The van der Waals surface area contributed by atoms with Crippen molar-refractivity contribution in [1.82, 2.24) is 0 Å². The summed E-state index contributed by atoms with van der Waals surface area (Å²) in [6.07, 6.45) is 2.72. The molecule has 0 aliphatic carbocycles. The van der Waals surface area contributed by atoms with Crippen LogP contribution in [0.15, 0.2) is 24.3 Å². The molecule has 12 heteroatoms. The van der Waals surface area contributed by atoms with Crippen LogP contribution < -0.4 is 0 Å². The van der Waals surface area contributed by atoms with Crippen LogP contribution in [0.5, 0.6) is 0 Å². The molecule has 1 aliphatic heterocycles. The number of thioether (sulfide) groups is 4. The van der Waals surface area contributed by atoms with Gasteiger partial charge in [-0.25, -0.2) is 0 Å². The van der Waals surface area contributed by atoms with E-state index in [0.717, 1.165) is 34.2 Å². The third-order valence-electron chi connectivity index (χ3n) is 5.06. The Morgan fingerprint density at radius 3 is 2.05 bits per heavy atom. The highest BCUT2D eigenvalue weighted by Gasteiger charge is 2.38. The van der Waals surface area contributed by atoms with Gasteiger partial charge in [0.15, 0.2) is 0 Å². The van der Waals surface area contributed by atoms with Crippen LogP contribution in [0.2, 0.25) is 0 Å². The number of carbonyl (C=O) groups is 4. The van der Waals surface area contributed by atoms with Gasteiger partial charge in [0.1, 0.15) is 31.8 Å². The number of hydrogen-bond donors (Lipinski definition) is 0. The second-order valence-electron chi connectivity index (χ2n) is 8.84. The molecule has 1 heterocycles. The molecule has 0 bridgehead atoms. The Morgan fingerprint density at radius 2 is 1.53 bits per heavy atom. The molecule has 0 amide bonds. The normalized spacial score (nSPS) is 17.7. The average Bonchev–Trinajstić information content (AvgIpc) is 2.90. The standard InChI is InChI=1S/C26H40O8S4/c1-5-22(27)31-16-26(17-32-23(28)6-9-36-13-20(2)12-35-4)18-33-24(29)7-10-37-14-21(3)15-38-11-8-25(30)34-19-26/h2-3,5-19H2,1,4H3. The summed E-state index contributed by atoms with van der Waals surface area (Å²) in [6, 6.07) is 0. The van der Waals surface area contributed by atoms with E-state index in [4.69, 9.17) is 18.9 Å². The predicted octanol–water partition coefficient (Wildman–Crippen LogP) is 4.41. The summed E-state index contributed by atoms with van der Waals surface area (Å²) in [7, 11) is 0. The fraction of sp³-hybridized carbons (Fsp3) is 0.692. The van der Waals surface area contributed by atoms with Crippen molar-refractivity contribution >= 4 is 70.9 Å². The summed E-state index contributed by atoms with van der Waals surface area (Å²) in [6.45, 7) is 8.79. The minimum absolute atomic E-state index is 0.147. The topological polar surface area (TPSA) is 105 Å². The largest absolute Gasteiger partial charge is 0.465 e. The van der Waals surface area contributed by atoms with Gasteiger partial charge in [-0.1, -0.05) is 31.2 Å². The smallest absolute Gasteiger partial charge is 0.306 e. The first kappa shape index (κ1) is 34.8. The van der Waals surface area contributed by atoms with Gasteiger partial charge in [0, 0.05) is 46.7 Å². The lowest BCUT2D eigenvalue weighted by Gasteiger charge is -2.31. The lowest BCUT2D eigenvalue weighted by molar-refractivity contribution is -0.170. The van der Waals surface area contributed by atoms with Gasteiger partial charge < -0.3 is 18.9 Å². The molecule has 1 fully saturated rings. The maximum absolute atomic E-state index is 12.5. The van der Waals surface area contributed by atoms with E-state index in [9.17, 15) is 19.2 Å². The minimum atomic E-state index is -1.21. The monoisotopic (exact) mass is 608 g/mol. The third kappa shape index (κ3) is 16.7. The third-order valence-corrected chi connectivity index (χ3v) is 9.08. The van der Waals surface area contributed by atoms with E-state index >= 15 is 0 Å². The first-order valence-electron chi connectivity index (χ1n) is 12.4. The van der Waals surface area contributed by atoms with Crippen molar-refractivity contribution in [2.75, 3.05) is 73.0 Å². The van der Waals surface area contributed by atoms with E-state index in [-0.39, 0.29) is 52.1 Å². The summed E-state index contributed by atoms with van der Waals surface area (Å²) >= 11 is 6.49. The average molecular weight is 609 g/mol. The van der Waals surface area contributed by atoms with Crippen molar-refractivity contribution in [2.45, 2.75) is 32.6 Å². The highest BCUT2D eigenvalue weighted by atomic mass is 32.2. The van der Waals surface area contributed by atoms with Gasteiger partial charge >= 0.3 is 23.9 Å². The molecule has 8 nitrogen and oxygen atoms in total. The number of carbonyl (C=O) groups excluding carboxylic acids is 4. The van der Waals surface area contributed by atoms with Crippen LogP contribution >= 0.6 is 47.0 Å². The van der Waals surface area contributed by atoms with Crippen molar-refractivity contribution in [1.29, 1.82) is 0 Å². The van der Waals surface area contributed by atoms with E-state index < -0.39 is 29.3 Å². The van der Waals surface area contributed by atoms with Gasteiger partial charge in [0.2, 0.25) is 0 Å². The van der Waals surface area contributed by atoms with Crippen LogP contribution in [0.1, 0.15) is 32.6 Å². The number of hydrogen-bond acceptors (Lipinski definition) is 12. The van der Waals surface area contributed by atoms with Crippen LogP contribution in [-0.2, 0) is 38.1 Å². The fourth-order valence-electron chi connectivity index (χ4n) is 2.91. The Bertz CT molecular complexity index is 772. The highest BCUT2D eigenvalue weighted by Crippen LogP contribution is 2.24. The second-order valence-corrected chi connectivity index (χ2v) is 13.0. The Hall–Kier alpha value is -1.24. The van der Waals surface area contributed by atoms with E-state index in [1.54, 1.807) is 54.0 Å². The van der Waals surface area contributed by atoms with Gasteiger partial charge in [-0.3, -0.25) is 19.2 Å². The van der Waals surface area contributed by atoms with Gasteiger partial charge in [0.25, 0.3) is 0 Å². The zero-order valence-electron chi connectivity index (χ0n) is 22.4. The van der Waals surface area contributed by atoms with E-state index in [2.05, 4.69) is 13.2 Å². The number of esters is 4. The van der Waals surface area contributed by atoms with Gasteiger partial charge in [-0.2, -0.15) is 47.0 Å². The molecule has 0 radical (unpaired) electrons. The molecule has 0 aromatic rings. The van der Waals surface area contributed by atoms with Crippen LogP contribution in [0.4, 0.5) is 0 Å². The van der Waals surface area contributed by atoms with Crippen molar-refractivity contribution in [3.8, 4) is 0 Å². The lowest BCUT2D eigenvalue weighted by Crippen LogP contribution is -2.44. The SMILES string of the molecule is C=C(CSC)CSCCC(=O)OCC1(COC(=O)CC)COC(=O)CCSCC(=C)CSCCC(=O)OC1. The van der Waals surface area contributed by atoms with E-state index in [0.29, 0.717) is 17.3 Å². The second kappa shape index (κ2) is 20.6. The van der Waals surface area contributed by atoms with E-state index in [1.165, 1.54) is 0 Å². The Balaban J connectivity index is 2.87. The van der Waals surface area contributed by atoms with Gasteiger partial charge in [-0.15, -0.1) is 0 Å². The maximum Gasteiger partial charge on any atom is 0.306 e. The van der Waals surface area contributed by atoms with Gasteiger partial charge in [0.05, 0.1) is 19.3 Å². The van der Waals surface area contributed by atoms with E-state index in [1.807, 2.05) is 6.26 Å². The Labute approximate surface area is 243 Å². The fourth-order valence-corrected chi connectivity index (χ4v) is 6.21. The van der Waals surface area contributed by atoms with Gasteiger partial charge in [-0.05, 0) is 6.26 Å². The molecule has 0 atom stereocenters. The first-order chi connectivity index (χ1) is 18.2. The summed E-state index contributed by atoms with van der Waals surface area (Å²) in [5.41, 5.74) is 0.928. The van der Waals surface area contributed by atoms with Crippen molar-refractivity contribution in [3.05, 3.63) is 24.3 Å². The van der Waals surface area contributed by atoms with Crippen LogP contribution in [0, 0.1) is 5.41 Å². The Morgan fingerprint density at radius 1 is 0.974 bits per heavy atom. The van der Waals surface area contributed by atoms with Crippen LogP contribution in [0.25, 0.3) is 0 Å². The first-order valence-corrected chi connectivity index (χ1v) is 17.2. The molecule has 0 aromatic heterocycles. The number of ether oxygens (including phenoxy) is 4. The molecule has 1 aliphatic rings. The quantitative estimate of drug-likeness (QED) is 0.136. The summed E-state index contributed by atoms with van der Waals surface area (Å²) in [5.74, 6) is 3.03. The number of cyclic esters (lactones) is 2. The molecule has 1 saturated heterocycles. The number of rotatable bonds is 12. The maximum atomic E-state index is 12.5. The van der Waals surface area contributed by atoms with Crippen molar-refractivity contribution in [2.24, 2.45) is 5.41 Å². The minimum Gasteiger partial charge on any atom is -0.465 e. The Kier molecular flexibility index (Phi) is 18.9. The molecule has 38 heavy (non-hydrogen) atoms. The van der Waals surface area contributed by atoms with Crippen molar-refractivity contribution in [3.63, 3.8) is 0 Å². The van der Waals surface area contributed by atoms with Crippen molar-refractivity contribution < 1.29 is 38.1 Å².